The fraction of sp³-hybridized carbons (Fsp3) is 0.304. The monoisotopic (exact) mass is 442 g/mol. The van der Waals surface area contributed by atoms with Gasteiger partial charge in [-0.2, -0.15) is 0 Å². The van der Waals surface area contributed by atoms with E-state index in [1.165, 1.54) is 14.0 Å². The first kappa shape index (κ1) is 22.6. The van der Waals surface area contributed by atoms with Crippen LogP contribution in [0.15, 0.2) is 60.2 Å². The van der Waals surface area contributed by atoms with E-state index in [1.54, 1.807) is 24.3 Å². The molecular weight excluding hydrogens is 416 g/mol. The number of nitrogens with one attached hydrogen (secondary N) is 1. The molecule has 1 heterocycles. The maximum atomic E-state index is 13.0. The molecule has 1 atom stereocenters. The minimum Gasteiger partial charge on any atom is -0.497 e. The molecule has 2 aromatic carbocycles. The Hall–Kier alpha value is -3.13. The summed E-state index contributed by atoms with van der Waals surface area (Å²) in [6.45, 7) is 2.76. The minimum atomic E-state index is -4.12. The predicted molar refractivity (Wildman–Crippen MR) is 119 cm³/mol. The molecule has 164 valence electrons. The number of aryl methyl sites for hydroxylation is 1. The van der Waals surface area contributed by atoms with Crippen LogP contribution in [-0.2, 0) is 26.0 Å². The Kier molecular flexibility index (Phi) is 6.80. The molecule has 1 aliphatic rings. The van der Waals surface area contributed by atoms with Crippen molar-refractivity contribution in [2.75, 3.05) is 13.7 Å². The molecule has 0 bridgehead atoms. The first-order chi connectivity index (χ1) is 14.7. The van der Waals surface area contributed by atoms with Crippen molar-refractivity contribution in [2.24, 2.45) is 0 Å². The van der Waals surface area contributed by atoms with Crippen LogP contribution in [0.5, 0.6) is 5.75 Å². The molecule has 0 fully saturated rings. The number of carbonyl (C=O) groups is 2. The average molecular weight is 443 g/mol. The number of benzene rings is 2. The fourth-order valence-corrected chi connectivity index (χ4v) is 5.28. The SMILES string of the molecule is COc1ccc(C2=C(C)C(=O)N(CC(=O)N[C@H](C)CCc3ccccc3)S2(=O)=O)cc1. The first-order valence-electron chi connectivity index (χ1n) is 9.99. The molecule has 1 aliphatic heterocycles. The summed E-state index contributed by atoms with van der Waals surface area (Å²) in [7, 11) is -2.61. The number of rotatable bonds is 8. The zero-order valence-corrected chi connectivity index (χ0v) is 18.6. The Bertz CT molecular complexity index is 1090. The Morgan fingerprint density at radius 2 is 1.74 bits per heavy atom. The highest BCUT2D eigenvalue weighted by Crippen LogP contribution is 2.35. The van der Waals surface area contributed by atoms with Gasteiger partial charge in [0.1, 0.15) is 17.2 Å². The summed E-state index contributed by atoms with van der Waals surface area (Å²) in [4.78, 5) is 25.0. The van der Waals surface area contributed by atoms with Gasteiger partial charge >= 0.3 is 0 Å². The highest BCUT2D eigenvalue weighted by atomic mass is 32.2. The maximum Gasteiger partial charge on any atom is 0.268 e. The van der Waals surface area contributed by atoms with Crippen LogP contribution in [0.2, 0.25) is 0 Å². The molecule has 0 spiro atoms. The molecule has 2 aromatic rings. The zero-order chi connectivity index (χ0) is 22.6. The lowest BCUT2D eigenvalue weighted by molar-refractivity contribution is -0.128. The molecule has 0 unspecified atom stereocenters. The number of hydrogen-bond donors (Lipinski definition) is 1. The third-order valence-electron chi connectivity index (χ3n) is 5.19. The topological polar surface area (TPSA) is 92.8 Å². The second-order valence-electron chi connectivity index (χ2n) is 7.49. The van der Waals surface area contributed by atoms with Crippen LogP contribution in [0.25, 0.3) is 4.91 Å². The molecule has 0 radical (unpaired) electrons. The highest BCUT2D eigenvalue weighted by molar-refractivity contribution is 7.99. The summed E-state index contributed by atoms with van der Waals surface area (Å²) >= 11 is 0. The molecule has 0 saturated carbocycles. The van der Waals surface area contributed by atoms with Crippen LogP contribution < -0.4 is 10.1 Å². The van der Waals surface area contributed by atoms with E-state index in [0.717, 1.165) is 12.0 Å². The summed E-state index contributed by atoms with van der Waals surface area (Å²) in [5, 5.41) is 2.79. The van der Waals surface area contributed by atoms with Crippen LogP contribution in [0.3, 0.4) is 0 Å². The van der Waals surface area contributed by atoms with Crippen LogP contribution in [0, 0.1) is 0 Å². The number of methoxy groups -OCH3 is 1. The van der Waals surface area contributed by atoms with Crippen LogP contribution >= 0.6 is 0 Å². The van der Waals surface area contributed by atoms with Gasteiger partial charge in [-0.15, -0.1) is 0 Å². The van der Waals surface area contributed by atoms with Gasteiger partial charge in [0.25, 0.3) is 15.9 Å². The summed E-state index contributed by atoms with van der Waals surface area (Å²) in [5.41, 5.74) is 1.63. The van der Waals surface area contributed by atoms with Crippen molar-refractivity contribution in [1.82, 2.24) is 9.62 Å². The van der Waals surface area contributed by atoms with Crippen molar-refractivity contribution in [1.29, 1.82) is 0 Å². The van der Waals surface area contributed by atoms with Gasteiger partial charge in [0, 0.05) is 11.6 Å². The molecule has 2 amide bonds. The molecule has 3 rings (SSSR count). The van der Waals surface area contributed by atoms with Crippen LogP contribution in [-0.4, -0.2) is 44.2 Å². The molecule has 7 nitrogen and oxygen atoms in total. The van der Waals surface area contributed by atoms with E-state index in [1.807, 2.05) is 37.3 Å². The van der Waals surface area contributed by atoms with Crippen molar-refractivity contribution in [3.8, 4) is 5.75 Å². The first-order valence-corrected chi connectivity index (χ1v) is 11.4. The van der Waals surface area contributed by atoms with E-state index in [4.69, 9.17) is 4.74 Å². The van der Waals surface area contributed by atoms with Crippen molar-refractivity contribution < 1.29 is 22.7 Å². The Morgan fingerprint density at radius 1 is 1.10 bits per heavy atom. The van der Waals surface area contributed by atoms with Crippen LogP contribution in [0.4, 0.5) is 0 Å². The molecule has 31 heavy (non-hydrogen) atoms. The second-order valence-corrected chi connectivity index (χ2v) is 9.29. The molecule has 1 N–H and O–H groups in total. The number of hydrogen-bond acceptors (Lipinski definition) is 5. The van der Waals surface area contributed by atoms with Crippen molar-refractivity contribution in [2.45, 2.75) is 32.7 Å². The van der Waals surface area contributed by atoms with Gasteiger partial charge in [-0.05, 0) is 62.1 Å². The van der Waals surface area contributed by atoms with Gasteiger partial charge < -0.3 is 10.1 Å². The summed E-state index contributed by atoms with van der Waals surface area (Å²) in [6, 6.07) is 16.1. The number of ether oxygens (including phenoxy) is 1. The molecule has 8 heteroatoms. The van der Waals surface area contributed by atoms with Crippen molar-refractivity contribution in [3.05, 3.63) is 71.3 Å². The standard InChI is InChI=1S/C23H26N2O5S/c1-16(9-10-18-7-5-4-6-8-18)24-21(26)15-25-23(27)17(2)22(31(25,28)29)19-11-13-20(30-3)14-12-19/h4-8,11-14,16H,9-10,15H2,1-3H3,(H,24,26)/t16-/m1/s1. The third kappa shape index (κ3) is 4.96. The normalized spacial score (nSPS) is 16.4. The third-order valence-corrected chi connectivity index (χ3v) is 7.12. The maximum absolute atomic E-state index is 13.0. The van der Waals surface area contributed by atoms with Gasteiger partial charge in [-0.25, -0.2) is 12.7 Å². The number of nitrogens with zero attached hydrogens (tertiary/aromatic N) is 1. The lowest BCUT2D eigenvalue weighted by Crippen LogP contribution is -2.43. The minimum absolute atomic E-state index is 0.0786. The van der Waals surface area contributed by atoms with Gasteiger partial charge in [0.05, 0.1) is 7.11 Å². The summed E-state index contributed by atoms with van der Waals surface area (Å²) in [6.07, 6.45) is 1.48. The van der Waals surface area contributed by atoms with Gasteiger partial charge in [0.2, 0.25) is 5.91 Å². The molecule has 0 aromatic heterocycles. The van der Waals surface area contributed by atoms with E-state index in [0.29, 0.717) is 22.0 Å². The van der Waals surface area contributed by atoms with Gasteiger partial charge in [-0.3, -0.25) is 9.59 Å². The van der Waals surface area contributed by atoms with E-state index in [-0.39, 0.29) is 16.5 Å². The quantitative estimate of drug-likeness (QED) is 0.679. The predicted octanol–water partition coefficient (Wildman–Crippen LogP) is 2.74. The zero-order valence-electron chi connectivity index (χ0n) is 17.8. The Balaban J connectivity index is 1.66. The smallest absolute Gasteiger partial charge is 0.268 e. The molecule has 0 saturated heterocycles. The number of amides is 2. The summed E-state index contributed by atoms with van der Waals surface area (Å²) < 4.78 is 31.8. The van der Waals surface area contributed by atoms with E-state index in [2.05, 4.69) is 5.32 Å². The van der Waals surface area contributed by atoms with E-state index >= 15 is 0 Å². The lowest BCUT2D eigenvalue weighted by atomic mass is 10.1. The van der Waals surface area contributed by atoms with E-state index < -0.39 is 28.4 Å². The second kappa shape index (κ2) is 9.34. The molecule has 0 aliphatic carbocycles. The van der Waals surface area contributed by atoms with Gasteiger partial charge in [0.15, 0.2) is 0 Å². The Labute approximate surface area is 182 Å². The van der Waals surface area contributed by atoms with Crippen molar-refractivity contribution in [3.63, 3.8) is 0 Å². The van der Waals surface area contributed by atoms with Gasteiger partial charge in [-0.1, -0.05) is 30.3 Å². The molecular formula is C23H26N2O5S. The highest BCUT2D eigenvalue weighted by Gasteiger charge is 2.43. The fourth-order valence-electron chi connectivity index (χ4n) is 3.51. The summed E-state index contributed by atoms with van der Waals surface area (Å²) in [5.74, 6) is -0.622. The lowest BCUT2D eigenvalue weighted by Gasteiger charge is -2.19. The Morgan fingerprint density at radius 3 is 2.35 bits per heavy atom. The largest absolute Gasteiger partial charge is 0.497 e. The van der Waals surface area contributed by atoms with E-state index in [9.17, 15) is 18.0 Å². The van der Waals surface area contributed by atoms with Crippen molar-refractivity contribution >= 4 is 26.7 Å². The van der Waals surface area contributed by atoms with Crippen LogP contribution in [0.1, 0.15) is 31.4 Å². The number of carbonyl (C=O) groups excluding carboxylic acids is 2. The number of sulfonamides is 1. The average Bonchev–Trinajstić information content (AvgIpc) is 2.92.